The number of para-hydroxylation sites is 1. The third-order valence-electron chi connectivity index (χ3n) is 3.34. The molecule has 0 amide bonds. The predicted molar refractivity (Wildman–Crippen MR) is 96.3 cm³/mol. The number of benzene rings is 2. The number of pyridine rings is 1. The Labute approximate surface area is 145 Å². The van der Waals surface area contributed by atoms with E-state index in [4.69, 9.17) is 16.6 Å². The van der Waals surface area contributed by atoms with Gasteiger partial charge in [0.1, 0.15) is 0 Å². The van der Waals surface area contributed by atoms with E-state index in [9.17, 15) is 0 Å². The first-order valence-corrected chi connectivity index (χ1v) is 8.66. The van der Waals surface area contributed by atoms with E-state index in [2.05, 4.69) is 50.1 Å². The van der Waals surface area contributed by atoms with Crippen LogP contribution in [-0.4, -0.2) is 4.98 Å². The normalized spacial score (nSPS) is 12.5. The Hall–Kier alpha value is -0.900. The molecule has 21 heavy (non-hydrogen) atoms. The van der Waals surface area contributed by atoms with Crippen LogP contribution in [0.15, 0.2) is 59.1 Å². The molecule has 1 aromatic heterocycles. The van der Waals surface area contributed by atoms with Crippen molar-refractivity contribution in [1.29, 1.82) is 0 Å². The van der Waals surface area contributed by atoms with Gasteiger partial charge in [-0.25, -0.2) is 0 Å². The maximum atomic E-state index is 6.08. The lowest BCUT2D eigenvalue weighted by molar-refractivity contribution is 0.909. The van der Waals surface area contributed by atoms with E-state index in [0.29, 0.717) is 0 Å². The lowest BCUT2D eigenvalue weighted by atomic mass is 10.1. The van der Waals surface area contributed by atoms with E-state index in [1.807, 2.05) is 36.4 Å². The van der Waals surface area contributed by atoms with Crippen molar-refractivity contribution < 1.29 is 0 Å². The topological polar surface area (TPSA) is 12.9 Å². The van der Waals surface area contributed by atoms with Crippen LogP contribution in [0.5, 0.6) is 0 Å². The average molecular weight is 426 g/mol. The number of hydrogen-bond acceptors (Lipinski definition) is 1. The Morgan fingerprint density at radius 3 is 2.71 bits per heavy atom. The standard InChI is InChI=1S/C17H12Br2ClN/c18-15-8-6-12(20)9-14(15)16(19)10-13-7-5-11-3-1-2-4-17(11)21-13/h1-9,16H,10H2. The van der Waals surface area contributed by atoms with Crippen LogP contribution in [0.3, 0.4) is 0 Å². The smallest absolute Gasteiger partial charge is 0.0705 e. The van der Waals surface area contributed by atoms with Crippen LogP contribution in [0, 0.1) is 0 Å². The van der Waals surface area contributed by atoms with Gasteiger partial charge >= 0.3 is 0 Å². The Balaban J connectivity index is 1.88. The molecule has 3 aromatic rings. The SMILES string of the molecule is Clc1ccc(Br)c(C(Br)Cc2ccc3ccccc3n2)c1. The molecule has 2 aromatic carbocycles. The molecule has 0 aliphatic heterocycles. The zero-order valence-corrected chi connectivity index (χ0v) is 15.0. The third-order valence-corrected chi connectivity index (χ3v) is 5.11. The van der Waals surface area contributed by atoms with E-state index in [1.165, 1.54) is 0 Å². The Morgan fingerprint density at radius 2 is 1.86 bits per heavy atom. The maximum Gasteiger partial charge on any atom is 0.0705 e. The van der Waals surface area contributed by atoms with Crippen molar-refractivity contribution >= 4 is 54.4 Å². The molecule has 0 N–H and O–H groups in total. The number of halogens is 3. The minimum atomic E-state index is 0.166. The fourth-order valence-corrected chi connectivity index (χ4v) is 3.99. The Morgan fingerprint density at radius 1 is 1.05 bits per heavy atom. The Kier molecular flexibility index (Phi) is 4.63. The van der Waals surface area contributed by atoms with Gasteiger partial charge in [-0.3, -0.25) is 4.98 Å². The molecular formula is C17H12Br2ClN. The number of alkyl halides is 1. The molecule has 1 heterocycles. The van der Waals surface area contributed by atoms with E-state index in [-0.39, 0.29) is 4.83 Å². The largest absolute Gasteiger partial charge is 0.253 e. The van der Waals surface area contributed by atoms with Crippen molar-refractivity contribution in [3.63, 3.8) is 0 Å². The van der Waals surface area contributed by atoms with Crippen LogP contribution >= 0.6 is 43.5 Å². The quantitative estimate of drug-likeness (QED) is 0.447. The van der Waals surface area contributed by atoms with E-state index < -0.39 is 0 Å². The van der Waals surface area contributed by atoms with E-state index >= 15 is 0 Å². The highest BCUT2D eigenvalue weighted by molar-refractivity contribution is 9.11. The Bertz CT molecular complexity index is 789. The van der Waals surface area contributed by atoms with E-state index in [0.717, 1.165) is 38.1 Å². The van der Waals surface area contributed by atoms with Gasteiger partial charge in [0.25, 0.3) is 0 Å². The van der Waals surface area contributed by atoms with Gasteiger partial charge in [0.15, 0.2) is 0 Å². The molecule has 0 radical (unpaired) electrons. The first-order valence-electron chi connectivity index (χ1n) is 6.57. The van der Waals surface area contributed by atoms with Crippen LogP contribution in [-0.2, 0) is 6.42 Å². The number of nitrogens with zero attached hydrogens (tertiary/aromatic N) is 1. The summed E-state index contributed by atoms with van der Waals surface area (Å²) in [4.78, 5) is 4.88. The monoisotopic (exact) mass is 423 g/mol. The number of rotatable bonds is 3. The summed E-state index contributed by atoms with van der Waals surface area (Å²) in [6.45, 7) is 0. The molecule has 1 nitrogen and oxygen atoms in total. The second-order valence-corrected chi connectivity index (χ2v) is 7.23. The molecule has 0 saturated heterocycles. The molecular weight excluding hydrogens is 413 g/mol. The molecule has 0 aliphatic rings. The summed E-state index contributed by atoms with van der Waals surface area (Å²) in [6, 6.07) is 18.2. The van der Waals surface area contributed by atoms with Gasteiger partial charge in [-0.15, -0.1) is 0 Å². The van der Waals surface area contributed by atoms with Crippen molar-refractivity contribution in [2.24, 2.45) is 0 Å². The average Bonchev–Trinajstić information content (AvgIpc) is 2.49. The molecule has 0 bridgehead atoms. The first kappa shape index (κ1) is 15.0. The lowest BCUT2D eigenvalue weighted by Gasteiger charge is -2.13. The molecule has 1 atom stereocenters. The summed E-state index contributed by atoms with van der Waals surface area (Å²) >= 11 is 13.4. The maximum absolute atomic E-state index is 6.08. The number of aromatic nitrogens is 1. The minimum Gasteiger partial charge on any atom is -0.253 e. The summed E-state index contributed by atoms with van der Waals surface area (Å²) in [5.41, 5.74) is 3.22. The van der Waals surface area contributed by atoms with Crippen LogP contribution in [0.1, 0.15) is 16.1 Å². The van der Waals surface area contributed by atoms with Crippen LogP contribution in [0.2, 0.25) is 5.02 Å². The van der Waals surface area contributed by atoms with Crippen molar-refractivity contribution in [3.05, 3.63) is 75.4 Å². The molecule has 0 fully saturated rings. The fraction of sp³-hybridized carbons (Fsp3) is 0.118. The summed E-state index contributed by atoms with van der Waals surface area (Å²) in [7, 11) is 0. The van der Waals surface area contributed by atoms with Gasteiger partial charge in [-0.05, 0) is 35.9 Å². The number of hydrogen-bond donors (Lipinski definition) is 0. The molecule has 0 saturated carbocycles. The molecule has 0 aliphatic carbocycles. The summed E-state index contributed by atoms with van der Waals surface area (Å²) in [5, 5.41) is 1.90. The van der Waals surface area contributed by atoms with E-state index in [1.54, 1.807) is 0 Å². The van der Waals surface area contributed by atoms with Gasteiger partial charge in [0, 0.05) is 31.8 Å². The summed E-state index contributed by atoms with van der Waals surface area (Å²) in [5.74, 6) is 0. The fourth-order valence-electron chi connectivity index (χ4n) is 2.27. The van der Waals surface area contributed by atoms with Gasteiger partial charge < -0.3 is 0 Å². The van der Waals surface area contributed by atoms with Crippen molar-refractivity contribution in [2.45, 2.75) is 11.2 Å². The van der Waals surface area contributed by atoms with Gasteiger partial charge in [-0.2, -0.15) is 0 Å². The predicted octanol–water partition coefficient (Wildman–Crippen LogP) is 6.33. The first-order chi connectivity index (χ1) is 10.1. The highest BCUT2D eigenvalue weighted by Crippen LogP contribution is 2.34. The molecule has 106 valence electrons. The van der Waals surface area contributed by atoms with Gasteiger partial charge in [0.2, 0.25) is 0 Å². The lowest BCUT2D eigenvalue weighted by Crippen LogP contribution is -1.99. The molecule has 4 heteroatoms. The van der Waals surface area contributed by atoms with Crippen LogP contribution < -0.4 is 0 Å². The molecule has 0 spiro atoms. The zero-order valence-electron chi connectivity index (χ0n) is 11.1. The van der Waals surface area contributed by atoms with Crippen LogP contribution in [0.25, 0.3) is 10.9 Å². The van der Waals surface area contributed by atoms with Crippen molar-refractivity contribution in [2.75, 3.05) is 0 Å². The van der Waals surface area contributed by atoms with Gasteiger partial charge in [-0.1, -0.05) is 67.7 Å². The molecule has 1 unspecified atom stereocenters. The van der Waals surface area contributed by atoms with Crippen molar-refractivity contribution in [3.8, 4) is 0 Å². The van der Waals surface area contributed by atoms with Crippen molar-refractivity contribution in [1.82, 2.24) is 4.98 Å². The summed E-state index contributed by atoms with van der Waals surface area (Å²) in [6.07, 6.45) is 0.809. The second-order valence-electron chi connectivity index (χ2n) is 4.83. The second kappa shape index (κ2) is 6.47. The van der Waals surface area contributed by atoms with Gasteiger partial charge in [0.05, 0.1) is 5.52 Å². The minimum absolute atomic E-state index is 0.166. The molecule has 3 rings (SSSR count). The third kappa shape index (κ3) is 3.47. The highest BCUT2D eigenvalue weighted by Gasteiger charge is 2.13. The van der Waals surface area contributed by atoms with Crippen LogP contribution in [0.4, 0.5) is 0 Å². The highest BCUT2D eigenvalue weighted by atomic mass is 79.9. The zero-order chi connectivity index (χ0) is 14.8. The number of fused-ring (bicyclic) bond motifs is 1. The summed E-state index contributed by atoms with van der Waals surface area (Å²) < 4.78 is 1.05.